The van der Waals surface area contributed by atoms with Crippen LogP contribution in [0.1, 0.15) is 57.6 Å². The normalized spacial score (nSPS) is 28.3. The summed E-state index contributed by atoms with van der Waals surface area (Å²) in [4.78, 5) is 0. The molecule has 3 heteroatoms. The van der Waals surface area contributed by atoms with Gasteiger partial charge in [-0.15, -0.1) is 0 Å². The van der Waals surface area contributed by atoms with E-state index in [1.165, 1.54) is 12.0 Å². The molecular weight excluding hydrogens is 270 g/mol. The first-order chi connectivity index (χ1) is 9.52. The molecule has 2 rings (SSSR count). The topological polar surface area (TPSA) is 32.3 Å². The van der Waals surface area contributed by atoms with Crippen LogP contribution < -0.4 is 5.32 Å². The summed E-state index contributed by atoms with van der Waals surface area (Å²) in [6.45, 7) is 5.03. The van der Waals surface area contributed by atoms with E-state index in [4.69, 9.17) is 11.6 Å². The van der Waals surface area contributed by atoms with Gasteiger partial charge in [0.05, 0.1) is 5.60 Å². The maximum absolute atomic E-state index is 10.6. The highest BCUT2D eigenvalue weighted by atomic mass is 35.5. The molecule has 1 aromatic rings. The first-order valence-electron chi connectivity index (χ1n) is 7.73. The van der Waals surface area contributed by atoms with Crippen molar-refractivity contribution < 1.29 is 5.11 Å². The Labute approximate surface area is 127 Å². The third-order valence-corrected chi connectivity index (χ3v) is 4.93. The molecule has 1 fully saturated rings. The van der Waals surface area contributed by atoms with E-state index in [2.05, 4.69) is 25.2 Å². The summed E-state index contributed by atoms with van der Waals surface area (Å²) in [7, 11) is 0. The lowest BCUT2D eigenvalue weighted by Gasteiger charge is -2.36. The van der Waals surface area contributed by atoms with E-state index in [1.807, 2.05) is 18.2 Å². The fourth-order valence-electron chi connectivity index (χ4n) is 3.04. The van der Waals surface area contributed by atoms with Gasteiger partial charge in [0.2, 0.25) is 0 Å². The fourth-order valence-corrected chi connectivity index (χ4v) is 3.24. The molecular formula is C17H26ClNO. The molecule has 2 N–H and O–H groups in total. The minimum absolute atomic E-state index is 0.210. The molecule has 1 saturated carbocycles. The molecule has 0 heterocycles. The average Bonchev–Trinajstić information content (AvgIpc) is 2.46. The number of aliphatic hydroxyl groups is 1. The van der Waals surface area contributed by atoms with Crippen molar-refractivity contribution in [3.05, 3.63) is 34.9 Å². The van der Waals surface area contributed by atoms with Crippen molar-refractivity contribution in [1.82, 2.24) is 5.32 Å². The molecule has 0 spiro atoms. The lowest BCUT2D eigenvalue weighted by Crippen LogP contribution is -2.44. The van der Waals surface area contributed by atoms with Crippen LogP contribution in [0, 0.1) is 5.92 Å². The molecule has 1 unspecified atom stereocenters. The third-order valence-electron chi connectivity index (χ3n) is 4.70. The van der Waals surface area contributed by atoms with Crippen LogP contribution in [0.5, 0.6) is 0 Å². The van der Waals surface area contributed by atoms with Gasteiger partial charge >= 0.3 is 0 Å². The lowest BCUT2D eigenvalue weighted by molar-refractivity contribution is -0.0103. The van der Waals surface area contributed by atoms with E-state index >= 15 is 0 Å². The Kier molecular flexibility index (Phi) is 5.48. The van der Waals surface area contributed by atoms with E-state index in [-0.39, 0.29) is 6.04 Å². The van der Waals surface area contributed by atoms with Crippen molar-refractivity contribution >= 4 is 11.6 Å². The predicted molar refractivity (Wildman–Crippen MR) is 85.1 cm³/mol. The highest BCUT2D eigenvalue weighted by Gasteiger charge is 2.32. The van der Waals surface area contributed by atoms with Crippen molar-refractivity contribution in [2.24, 2.45) is 5.92 Å². The largest absolute Gasteiger partial charge is 0.389 e. The Balaban J connectivity index is 1.85. The number of hydrogen-bond donors (Lipinski definition) is 2. The summed E-state index contributed by atoms with van der Waals surface area (Å²) >= 11 is 6.02. The average molecular weight is 296 g/mol. The van der Waals surface area contributed by atoms with Gasteiger partial charge in [-0.1, -0.05) is 37.1 Å². The Morgan fingerprint density at radius 2 is 2.10 bits per heavy atom. The first-order valence-corrected chi connectivity index (χ1v) is 8.11. The standard InChI is InChI=1S/C17H26ClNO/c1-3-14-7-9-17(20,10-8-14)12-19-13(2)15-5-4-6-16(18)11-15/h4-6,11,13-14,19-20H,3,7-10,12H2,1-2H3. The Bertz CT molecular complexity index is 427. The van der Waals surface area contributed by atoms with Gasteiger partial charge in [-0.2, -0.15) is 0 Å². The second kappa shape index (κ2) is 6.93. The van der Waals surface area contributed by atoms with Crippen LogP contribution in [-0.2, 0) is 0 Å². The highest BCUT2D eigenvalue weighted by Crippen LogP contribution is 2.33. The van der Waals surface area contributed by atoms with E-state index in [0.29, 0.717) is 6.54 Å². The number of hydrogen-bond acceptors (Lipinski definition) is 2. The zero-order chi connectivity index (χ0) is 14.6. The summed E-state index contributed by atoms with van der Waals surface area (Å²) in [6, 6.07) is 8.12. The zero-order valence-corrected chi connectivity index (χ0v) is 13.3. The molecule has 0 bridgehead atoms. The van der Waals surface area contributed by atoms with Crippen LogP contribution in [-0.4, -0.2) is 17.3 Å². The van der Waals surface area contributed by atoms with Crippen LogP contribution in [0.15, 0.2) is 24.3 Å². The molecule has 0 radical (unpaired) electrons. The second-order valence-electron chi connectivity index (χ2n) is 6.23. The Morgan fingerprint density at radius 3 is 2.70 bits per heavy atom. The molecule has 0 amide bonds. The van der Waals surface area contributed by atoms with Crippen LogP contribution in [0.4, 0.5) is 0 Å². The quantitative estimate of drug-likeness (QED) is 0.848. The van der Waals surface area contributed by atoms with Gasteiger partial charge in [0.1, 0.15) is 0 Å². The molecule has 2 nitrogen and oxygen atoms in total. The van der Waals surface area contributed by atoms with E-state index in [9.17, 15) is 5.11 Å². The second-order valence-corrected chi connectivity index (χ2v) is 6.67. The number of rotatable bonds is 5. The van der Waals surface area contributed by atoms with Crippen LogP contribution in [0.25, 0.3) is 0 Å². The van der Waals surface area contributed by atoms with Gasteiger partial charge in [0.15, 0.2) is 0 Å². The third kappa shape index (κ3) is 4.21. The summed E-state index contributed by atoms with van der Waals surface area (Å²) in [5.41, 5.74) is 0.641. The van der Waals surface area contributed by atoms with Crippen LogP contribution in [0.2, 0.25) is 5.02 Å². The van der Waals surface area contributed by atoms with Gasteiger partial charge in [-0.3, -0.25) is 0 Å². The van der Waals surface area contributed by atoms with Gasteiger partial charge in [-0.25, -0.2) is 0 Å². The van der Waals surface area contributed by atoms with Crippen molar-refractivity contribution in [1.29, 1.82) is 0 Å². The minimum atomic E-state index is -0.529. The monoisotopic (exact) mass is 295 g/mol. The van der Waals surface area contributed by atoms with Crippen LogP contribution in [0.3, 0.4) is 0 Å². The van der Waals surface area contributed by atoms with Crippen molar-refractivity contribution in [3.8, 4) is 0 Å². The molecule has 0 aliphatic heterocycles. The Morgan fingerprint density at radius 1 is 1.40 bits per heavy atom. The summed E-state index contributed by atoms with van der Waals surface area (Å²) in [5, 5.41) is 14.9. The summed E-state index contributed by atoms with van der Waals surface area (Å²) < 4.78 is 0. The number of halogens is 1. The molecule has 112 valence electrons. The lowest BCUT2D eigenvalue weighted by atomic mass is 9.77. The van der Waals surface area contributed by atoms with Gasteiger partial charge in [0, 0.05) is 17.6 Å². The molecule has 0 saturated heterocycles. The SMILES string of the molecule is CCC1CCC(O)(CNC(C)c2cccc(Cl)c2)CC1. The minimum Gasteiger partial charge on any atom is -0.389 e. The van der Waals surface area contributed by atoms with Crippen molar-refractivity contribution in [2.75, 3.05) is 6.54 Å². The van der Waals surface area contributed by atoms with E-state index < -0.39 is 5.60 Å². The zero-order valence-electron chi connectivity index (χ0n) is 12.5. The molecule has 0 aromatic heterocycles. The van der Waals surface area contributed by atoms with E-state index in [0.717, 1.165) is 36.6 Å². The maximum atomic E-state index is 10.6. The molecule has 1 atom stereocenters. The fraction of sp³-hybridized carbons (Fsp3) is 0.647. The van der Waals surface area contributed by atoms with Crippen molar-refractivity contribution in [2.45, 2.75) is 57.6 Å². The smallest absolute Gasteiger partial charge is 0.0772 e. The van der Waals surface area contributed by atoms with Gasteiger partial charge < -0.3 is 10.4 Å². The highest BCUT2D eigenvalue weighted by molar-refractivity contribution is 6.30. The van der Waals surface area contributed by atoms with E-state index in [1.54, 1.807) is 0 Å². The summed E-state index contributed by atoms with van der Waals surface area (Å²) in [6.07, 6.45) is 5.38. The van der Waals surface area contributed by atoms with Gasteiger partial charge in [-0.05, 0) is 56.2 Å². The van der Waals surface area contributed by atoms with Gasteiger partial charge in [0.25, 0.3) is 0 Å². The maximum Gasteiger partial charge on any atom is 0.0772 e. The predicted octanol–water partition coefficient (Wildman–Crippen LogP) is 4.32. The number of nitrogens with one attached hydrogen (secondary N) is 1. The molecule has 1 aliphatic rings. The molecule has 1 aliphatic carbocycles. The van der Waals surface area contributed by atoms with Crippen LogP contribution >= 0.6 is 11.6 Å². The first kappa shape index (κ1) is 15.8. The van der Waals surface area contributed by atoms with Crippen molar-refractivity contribution in [3.63, 3.8) is 0 Å². The molecule has 1 aromatic carbocycles. The number of benzene rings is 1. The Hall–Kier alpha value is -0.570. The molecule has 20 heavy (non-hydrogen) atoms. The summed E-state index contributed by atoms with van der Waals surface area (Å²) in [5.74, 6) is 0.806.